The molecule has 0 N–H and O–H groups in total. The lowest BCUT2D eigenvalue weighted by atomic mass is 10.1. The predicted molar refractivity (Wildman–Crippen MR) is 94.8 cm³/mol. The Hall–Kier alpha value is -2.92. The second kappa shape index (κ2) is 6.29. The maximum absolute atomic E-state index is 12.7. The minimum atomic E-state index is -0.600. The van der Waals surface area contributed by atoms with Crippen molar-refractivity contribution < 1.29 is 9.72 Å². The summed E-state index contributed by atoms with van der Waals surface area (Å²) in [6, 6.07) is 17.4. The average molecular weight is 341 g/mol. The molecule has 0 aromatic heterocycles. The van der Waals surface area contributed by atoms with E-state index in [1.165, 1.54) is 23.1 Å². The molecule has 0 heterocycles. The van der Waals surface area contributed by atoms with Crippen LogP contribution in [0.2, 0.25) is 5.02 Å². The third-order valence-electron chi connectivity index (χ3n) is 3.82. The van der Waals surface area contributed by atoms with E-state index >= 15 is 0 Å². The number of benzene rings is 3. The summed E-state index contributed by atoms with van der Waals surface area (Å²) in [7, 11) is 1.64. The molecule has 6 heteroatoms. The summed E-state index contributed by atoms with van der Waals surface area (Å²) in [6.45, 7) is 0. The van der Waals surface area contributed by atoms with E-state index in [-0.39, 0.29) is 22.2 Å². The van der Waals surface area contributed by atoms with Crippen molar-refractivity contribution in [2.75, 3.05) is 11.9 Å². The van der Waals surface area contributed by atoms with Gasteiger partial charge >= 0.3 is 0 Å². The summed E-state index contributed by atoms with van der Waals surface area (Å²) >= 11 is 5.80. The van der Waals surface area contributed by atoms with Crippen LogP contribution in [0.5, 0.6) is 0 Å². The number of hydrogen-bond acceptors (Lipinski definition) is 3. The van der Waals surface area contributed by atoms with Crippen LogP contribution >= 0.6 is 11.6 Å². The maximum atomic E-state index is 12.7. The lowest BCUT2D eigenvalue weighted by molar-refractivity contribution is -0.384. The third kappa shape index (κ3) is 2.81. The molecule has 0 unspecified atom stereocenters. The van der Waals surface area contributed by atoms with Crippen molar-refractivity contribution in [3.8, 4) is 0 Å². The van der Waals surface area contributed by atoms with Gasteiger partial charge in [0.1, 0.15) is 5.02 Å². The van der Waals surface area contributed by atoms with Crippen molar-refractivity contribution in [2.24, 2.45) is 0 Å². The first-order chi connectivity index (χ1) is 11.5. The summed E-state index contributed by atoms with van der Waals surface area (Å²) in [5, 5.41) is 13.0. The smallest absolute Gasteiger partial charge is 0.288 e. The molecule has 3 rings (SSSR count). The monoisotopic (exact) mass is 340 g/mol. The van der Waals surface area contributed by atoms with Gasteiger partial charge in [-0.1, -0.05) is 48.0 Å². The first-order valence-corrected chi connectivity index (χ1v) is 7.56. The summed E-state index contributed by atoms with van der Waals surface area (Å²) < 4.78 is 0. The molecule has 0 aliphatic heterocycles. The van der Waals surface area contributed by atoms with Gasteiger partial charge in [0.2, 0.25) is 0 Å². The molecule has 3 aromatic carbocycles. The van der Waals surface area contributed by atoms with Crippen LogP contribution in [-0.2, 0) is 0 Å². The Morgan fingerprint density at radius 2 is 1.79 bits per heavy atom. The molecule has 0 radical (unpaired) electrons. The lowest BCUT2D eigenvalue weighted by Gasteiger charge is -2.19. The van der Waals surface area contributed by atoms with Gasteiger partial charge in [-0.2, -0.15) is 0 Å². The molecular formula is C18H13ClN2O3. The number of fused-ring (bicyclic) bond motifs is 1. The van der Waals surface area contributed by atoms with Gasteiger partial charge < -0.3 is 4.90 Å². The van der Waals surface area contributed by atoms with Crippen LogP contribution in [0.4, 0.5) is 11.4 Å². The largest absolute Gasteiger partial charge is 0.311 e. The first-order valence-electron chi connectivity index (χ1n) is 7.19. The van der Waals surface area contributed by atoms with E-state index in [4.69, 9.17) is 11.6 Å². The van der Waals surface area contributed by atoms with Gasteiger partial charge in [-0.15, -0.1) is 0 Å². The highest BCUT2D eigenvalue weighted by Crippen LogP contribution is 2.29. The number of halogens is 1. The zero-order valence-electron chi connectivity index (χ0n) is 12.8. The van der Waals surface area contributed by atoms with Crippen molar-refractivity contribution in [3.05, 3.63) is 81.4 Å². The fraction of sp³-hybridized carbons (Fsp3) is 0.0556. The van der Waals surface area contributed by atoms with Crippen molar-refractivity contribution in [2.45, 2.75) is 0 Å². The van der Waals surface area contributed by atoms with E-state index in [2.05, 4.69) is 0 Å². The summed E-state index contributed by atoms with van der Waals surface area (Å²) in [5.41, 5.74) is 0.658. The standard InChI is InChI=1S/C18H13ClN2O3/c1-20(16-8-4-6-12-5-2-3-7-14(12)16)18(22)13-9-10-15(19)17(11-13)21(23)24/h2-11H,1H3. The van der Waals surface area contributed by atoms with Crippen molar-refractivity contribution in [1.82, 2.24) is 0 Å². The van der Waals surface area contributed by atoms with Gasteiger partial charge in [-0.25, -0.2) is 0 Å². The molecule has 0 aliphatic rings. The normalized spacial score (nSPS) is 10.6. The minimum Gasteiger partial charge on any atom is -0.311 e. The molecule has 3 aromatic rings. The van der Waals surface area contributed by atoms with Gasteiger partial charge in [0.05, 0.1) is 10.6 Å². The Morgan fingerprint density at radius 1 is 1.08 bits per heavy atom. The zero-order valence-corrected chi connectivity index (χ0v) is 13.5. The fourth-order valence-corrected chi connectivity index (χ4v) is 2.78. The number of nitro benzene ring substituents is 1. The molecule has 0 saturated heterocycles. The molecule has 0 atom stereocenters. The maximum Gasteiger partial charge on any atom is 0.288 e. The number of nitro groups is 1. The second-order valence-electron chi connectivity index (χ2n) is 5.29. The molecule has 0 fully saturated rings. The molecule has 120 valence electrons. The van der Waals surface area contributed by atoms with Crippen LogP contribution in [0.1, 0.15) is 10.4 Å². The Bertz CT molecular complexity index is 951. The Labute approximate surface area is 143 Å². The topological polar surface area (TPSA) is 63.5 Å². The van der Waals surface area contributed by atoms with Crippen LogP contribution in [0.15, 0.2) is 60.7 Å². The van der Waals surface area contributed by atoms with Crippen LogP contribution in [0, 0.1) is 10.1 Å². The van der Waals surface area contributed by atoms with E-state index in [1.54, 1.807) is 7.05 Å². The molecule has 0 saturated carbocycles. The minimum absolute atomic E-state index is 0.00404. The average Bonchev–Trinajstić information content (AvgIpc) is 2.60. The molecular weight excluding hydrogens is 328 g/mol. The number of nitrogens with zero attached hydrogens (tertiary/aromatic N) is 2. The highest BCUT2D eigenvalue weighted by molar-refractivity contribution is 6.32. The van der Waals surface area contributed by atoms with Gasteiger partial charge in [0.15, 0.2) is 0 Å². The van der Waals surface area contributed by atoms with E-state index in [1.807, 2.05) is 42.5 Å². The Balaban J connectivity index is 2.03. The second-order valence-corrected chi connectivity index (χ2v) is 5.69. The number of anilines is 1. The number of amides is 1. The van der Waals surface area contributed by atoms with E-state index in [0.29, 0.717) is 0 Å². The van der Waals surface area contributed by atoms with Crippen molar-refractivity contribution in [1.29, 1.82) is 0 Å². The third-order valence-corrected chi connectivity index (χ3v) is 4.14. The molecule has 1 amide bonds. The quantitative estimate of drug-likeness (QED) is 0.513. The Morgan fingerprint density at radius 3 is 2.54 bits per heavy atom. The van der Waals surface area contributed by atoms with Crippen LogP contribution in [0.3, 0.4) is 0 Å². The molecule has 0 spiro atoms. The number of carbonyl (C=O) groups is 1. The highest BCUT2D eigenvalue weighted by Gasteiger charge is 2.20. The summed E-state index contributed by atoms with van der Waals surface area (Å²) in [5.74, 6) is -0.342. The van der Waals surface area contributed by atoms with Crippen molar-refractivity contribution >= 4 is 39.7 Å². The molecule has 0 aliphatic carbocycles. The molecule has 5 nitrogen and oxygen atoms in total. The number of hydrogen-bond donors (Lipinski definition) is 0. The van der Waals surface area contributed by atoms with Gasteiger partial charge in [-0.3, -0.25) is 14.9 Å². The van der Waals surface area contributed by atoms with E-state index in [0.717, 1.165) is 16.5 Å². The highest BCUT2D eigenvalue weighted by atomic mass is 35.5. The van der Waals surface area contributed by atoms with Gasteiger partial charge in [0.25, 0.3) is 11.6 Å². The number of rotatable bonds is 3. The van der Waals surface area contributed by atoms with Gasteiger partial charge in [-0.05, 0) is 23.6 Å². The fourth-order valence-electron chi connectivity index (χ4n) is 2.59. The predicted octanol–water partition coefficient (Wildman–Crippen LogP) is 4.68. The van der Waals surface area contributed by atoms with E-state index < -0.39 is 4.92 Å². The first kappa shape index (κ1) is 16.0. The zero-order chi connectivity index (χ0) is 17.3. The van der Waals surface area contributed by atoms with Crippen LogP contribution in [0.25, 0.3) is 10.8 Å². The molecule has 24 heavy (non-hydrogen) atoms. The summed E-state index contributed by atoms with van der Waals surface area (Å²) in [4.78, 5) is 24.6. The molecule has 0 bridgehead atoms. The summed E-state index contributed by atoms with van der Waals surface area (Å²) in [6.07, 6.45) is 0. The number of carbonyl (C=O) groups excluding carboxylic acids is 1. The van der Waals surface area contributed by atoms with E-state index in [9.17, 15) is 14.9 Å². The SMILES string of the molecule is CN(C(=O)c1ccc(Cl)c([N+](=O)[O-])c1)c1cccc2ccccc12. The lowest BCUT2D eigenvalue weighted by Crippen LogP contribution is -2.26. The van der Waals surface area contributed by atoms with Crippen molar-refractivity contribution in [3.63, 3.8) is 0 Å². The van der Waals surface area contributed by atoms with Crippen LogP contribution in [-0.4, -0.2) is 17.9 Å². The van der Waals surface area contributed by atoms with Gasteiger partial charge in [0, 0.05) is 24.1 Å². The van der Waals surface area contributed by atoms with Crippen LogP contribution < -0.4 is 4.90 Å². The Kier molecular flexibility index (Phi) is 4.18.